The molecule has 1 heterocycles. The van der Waals surface area contributed by atoms with E-state index in [9.17, 15) is 4.79 Å². The fourth-order valence-electron chi connectivity index (χ4n) is 1.64. The number of aromatic nitrogens is 1. The maximum atomic E-state index is 11.9. The zero-order valence-corrected chi connectivity index (χ0v) is 10.2. The SMILES string of the molecule is O=C(Oc1ccccc1)c1ccc2scnc2c1. The highest BCUT2D eigenvalue weighted by atomic mass is 32.1. The standard InChI is InChI=1S/C14H9NO2S/c16-14(17-11-4-2-1-3-5-11)10-6-7-13-12(8-10)15-9-18-13/h1-9H. The molecule has 3 rings (SSSR count). The first-order valence-electron chi connectivity index (χ1n) is 5.43. The van der Waals surface area contributed by atoms with E-state index in [-0.39, 0.29) is 5.97 Å². The van der Waals surface area contributed by atoms with Crippen molar-refractivity contribution in [3.05, 3.63) is 59.6 Å². The summed E-state index contributed by atoms with van der Waals surface area (Å²) in [5.74, 6) is 0.178. The number of thiazole rings is 1. The first kappa shape index (κ1) is 10.9. The molecule has 1 aromatic heterocycles. The molecule has 2 aromatic carbocycles. The van der Waals surface area contributed by atoms with E-state index in [1.807, 2.05) is 24.3 Å². The summed E-state index contributed by atoms with van der Waals surface area (Å²) in [4.78, 5) is 16.1. The molecule has 18 heavy (non-hydrogen) atoms. The van der Waals surface area contributed by atoms with Crippen LogP contribution in [0.25, 0.3) is 10.2 Å². The van der Waals surface area contributed by atoms with Crippen LogP contribution in [-0.4, -0.2) is 11.0 Å². The molecule has 0 aliphatic rings. The van der Waals surface area contributed by atoms with Crippen molar-refractivity contribution in [3.63, 3.8) is 0 Å². The third kappa shape index (κ3) is 2.10. The van der Waals surface area contributed by atoms with E-state index < -0.39 is 0 Å². The number of para-hydroxylation sites is 1. The molecule has 3 aromatic rings. The Morgan fingerprint density at radius 3 is 2.78 bits per heavy atom. The molecule has 0 radical (unpaired) electrons. The summed E-state index contributed by atoms with van der Waals surface area (Å²) in [5, 5.41) is 0. The van der Waals surface area contributed by atoms with Crippen LogP contribution in [0.4, 0.5) is 0 Å². The van der Waals surface area contributed by atoms with Crippen molar-refractivity contribution >= 4 is 27.5 Å². The van der Waals surface area contributed by atoms with E-state index in [1.54, 1.807) is 41.1 Å². The van der Waals surface area contributed by atoms with Crippen molar-refractivity contribution in [1.29, 1.82) is 0 Å². The van der Waals surface area contributed by atoms with Gasteiger partial charge in [-0.2, -0.15) is 0 Å². The van der Waals surface area contributed by atoms with Gasteiger partial charge in [-0.1, -0.05) is 18.2 Å². The number of carbonyl (C=O) groups excluding carboxylic acids is 1. The summed E-state index contributed by atoms with van der Waals surface area (Å²) >= 11 is 1.55. The molecule has 88 valence electrons. The van der Waals surface area contributed by atoms with Crippen LogP contribution in [0.1, 0.15) is 10.4 Å². The summed E-state index contributed by atoms with van der Waals surface area (Å²) in [5.41, 5.74) is 3.09. The number of rotatable bonds is 2. The molecule has 0 unspecified atom stereocenters. The van der Waals surface area contributed by atoms with E-state index >= 15 is 0 Å². The minimum absolute atomic E-state index is 0.365. The fourth-order valence-corrected chi connectivity index (χ4v) is 2.30. The van der Waals surface area contributed by atoms with E-state index in [1.165, 1.54) is 0 Å². The molecule has 0 atom stereocenters. The van der Waals surface area contributed by atoms with Gasteiger partial charge in [0.15, 0.2) is 0 Å². The second-order valence-corrected chi connectivity index (χ2v) is 4.62. The molecule has 0 aliphatic heterocycles. The van der Waals surface area contributed by atoms with Crippen LogP contribution in [0.15, 0.2) is 54.0 Å². The quantitative estimate of drug-likeness (QED) is 0.519. The lowest BCUT2D eigenvalue weighted by Crippen LogP contribution is -2.08. The van der Waals surface area contributed by atoms with Crippen LogP contribution in [0, 0.1) is 0 Å². The highest BCUT2D eigenvalue weighted by Crippen LogP contribution is 2.20. The van der Waals surface area contributed by atoms with E-state index in [0.717, 1.165) is 10.2 Å². The molecule has 0 bridgehead atoms. The predicted molar refractivity (Wildman–Crippen MR) is 71.0 cm³/mol. The molecule has 0 saturated carbocycles. The number of benzene rings is 2. The van der Waals surface area contributed by atoms with Crippen LogP contribution in [-0.2, 0) is 0 Å². The number of ether oxygens (including phenoxy) is 1. The van der Waals surface area contributed by atoms with Crippen molar-refractivity contribution < 1.29 is 9.53 Å². The largest absolute Gasteiger partial charge is 0.423 e. The van der Waals surface area contributed by atoms with Crippen molar-refractivity contribution in [3.8, 4) is 5.75 Å². The molecule has 4 heteroatoms. The summed E-state index contributed by atoms with van der Waals surface area (Å²) in [6.45, 7) is 0. The van der Waals surface area contributed by atoms with Gasteiger partial charge in [-0.15, -0.1) is 11.3 Å². The second-order valence-electron chi connectivity index (χ2n) is 3.74. The highest BCUT2D eigenvalue weighted by molar-refractivity contribution is 7.16. The molecule has 0 aliphatic carbocycles. The fraction of sp³-hybridized carbons (Fsp3) is 0. The third-order valence-electron chi connectivity index (χ3n) is 2.52. The summed E-state index contributed by atoms with van der Waals surface area (Å²) in [6.07, 6.45) is 0. The molecule has 3 nitrogen and oxygen atoms in total. The number of fused-ring (bicyclic) bond motifs is 1. The normalized spacial score (nSPS) is 10.4. The predicted octanol–water partition coefficient (Wildman–Crippen LogP) is 3.52. The number of esters is 1. The van der Waals surface area contributed by atoms with Crippen LogP contribution in [0.3, 0.4) is 0 Å². The lowest BCUT2D eigenvalue weighted by Gasteiger charge is -2.03. The van der Waals surface area contributed by atoms with Gasteiger partial charge in [-0.3, -0.25) is 0 Å². The summed E-state index contributed by atoms with van der Waals surface area (Å²) in [7, 11) is 0. The average Bonchev–Trinajstić information content (AvgIpc) is 2.87. The van der Waals surface area contributed by atoms with Gasteiger partial charge in [0.1, 0.15) is 5.75 Å². The highest BCUT2D eigenvalue weighted by Gasteiger charge is 2.09. The van der Waals surface area contributed by atoms with Crippen molar-refractivity contribution in [1.82, 2.24) is 4.98 Å². The van der Waals surface area contributed by atoms with Gasteiger partial charge in [-0.05, 0) is 30.3 Å². The Hall–Kier alpha value is -2.20. The van der Waals surface area contributed by atoms with Gasteiger partial charge in [0.2, 0.25) is 0 Å². The minimum atomic E-state index is -0.365. The topological polar surface area (TPSA) is 39.2 Å². The summed E-state index contributed by atoms with van der Waals surface area (Å²) in [6, 6.07) is 14.4. The zero-order valence-electron chi connectivity index (χ0n) is 9.37. The van der Waals surface area contributed by atoms with Gasteiger partial charge >= 0.3 is 5.97 Å². The third-order valence-corrected chi connectivity index (χ3v) is 3.33. The van der Waals surface area contributed by atoms with Crippen molar-refractivity contribution in [2.24, 2.45) is 0 Å². The molecule has 0 saturated heterocycles. The van der Waals surface area contributed by atoms with Gasteiger partial charge in [-0.25, -0.2) is 9.78 Å². The molecule has 0 fully saturated rings. The Bertz CT molecular complexity index is 691. The maximum Gasteiger partial charge on any atom is 0.343 e. The van der Waals surface area contributed by atoms with Crippen LogP contribution in [0.2, 0.25) is 0 Å². The summed E-state index contributed by atoms with van der Waals surface area (Å²) < 4.78 is 6.32. The molecule has 0 spiro atoms. The zero-order chi connectivity index (χ0) is 12.4. The Morgan fingerprint density at radius 2 is 1.94 bits per heavy atom. The average molecular weight is 255 g/mol. The van der Waals surface area contributed by atoms with Crippen LogP contribution in [0.5, 0.6) is 5.75 Å². The Balaban J connectivity index is 1.87. The first-order valence-corrected chi connectivity index (χ1v) is 6.31. The Morgan fingerprint density at radius 1 is 1.11 bits per heavy atom. The van der Waals surface area contributed by atoms with Crippen LogP contribution < -0.4 is 4.74 Å². The van der Waals surface area contributed by atoms with Gasteiger partial charge in [0.25, 0.3) is 0 Å². The Labute approximate surface area is 108 Å². The van der Waals surface area contributed by atoms with E-state index in [4.69, 9.17) is 4.74 Å². The van der Waals surface area contributed by atoms with Gasteiger partial charge in [0, 0.05) is 0 Å². The van der Waals surface area contributed by atoms with Crippen LogP contribution >= 0.6 is 11.3 Å². The van der Waals surface area contributed by atoms with Crippen molar-refractivity contribution in [2.75, 3.05) is 0 Å². The lowest BCUT2D eigenvalue weighted by molar-refractivity contribution is 0.0735. The lowest BCUT2D eigenvalue weighted by atomic mass is 10.2. The maximum absolute atomic E-state index is 11.9. The number of hydrogen-bond acceptors (Lipinski definition) is 4. The molecular formula is C14H9NO2S. The first-order chi connectivity index (χ1) is 8.83. The molecule has 0 N–H and O–H groups in total. The monoisotopic (exact) mass is 255 g/mol. The molecular weight excluding hydrogens is 246 g/mol. The van der Waals surface area contributed by atoms with Gasteiger partial charge < -0.3 is 4.74 Å². The van der Waals surface area contributed by atoms with Crippen molar-refractivity contribution in [2.45, 2.75) is 0 Å². The minimum Gasteiger partial charge on any atom is -0.423 e. The second kappa shape index (κ2) is 4.58. The molecule has 0 amide bonds. The van der Waals surface area contributed by atoms with E-state index in [0.29, 0.717) is 11.3 Å². The smallest absolute Gasteiger partial charge is 0.343 e. The van der Waals surface area contributed by atoms with E-state index in [2.05, 4.69) is 4.98 Å². The Kier molecular flexibility index (Phi) is 2.78. The number of hydrogen-bond donors (Lipinski definition) is 0. The number of nitrogens with zero attached hydrogens (tertiary/aromatic N) is 1. The van der Waals surface area contributed by atoms with Gasteiger partial charge in [0.05, 0.1) is 21.3 Å². The number of carbonyl (C=O) groups is 1.